The van der Waals surface area contributed by atoms with Crippen molar-refractivity contribution in [1.82, 2.24) is 14.9 Å². The van der Waals surface area contributed by atoms with Crippen molar-refractivity contribution < 1.29 is 4.79 Å². The molecule has 1 aliphatic rings. The van der Waals surface area contributed by atoms with Gasteiger partial charge in [0.15, 0.2) is 0 Å². The first kappa shape index (κ1) is 17.9. The predicted molar refractivity (Wildman–Crippen MR) is 110 cm³/mol. The number of thioether (sulfide) groups is 1. The van der Waals surface area contributed by atoms with Crippen LogP contribution in [0.4, 0.5) is 5.95 Å². The van der Waals surface area contributed by atoms with Crippen molar-refractivity contribution in [2.45, 2.75) is 11.4 Å². The van der Waals surface area contributed by atoms with E-state index in [0.717, 1.165) is 49.7 Å². The molecule has 0 atom stereocenters. The molecule has 140 valence electrons. The maximum Gasteiger partial charge on any atom is 0.248 e. The number of primary amides is 1. The summed E-state index contributed by atoms with van der Waals surface area (Å²) in [6.45, 7) is 4.81. The highest BCUT2D eigenvalue weighted by molar-refractivity contribution is 7.98. The van der Waals surface area contributed by atoms with Crippen LogP contribution in [0.1, 0.15) is 15.9 Å². The van der Waals surface area contributed by atoms with Gasteiger partial charge < -0.3 is 15.6 Å². The minimum atomic E-state index is -0.430. The number of nitrogens with zero attached hydrogens (tertiary/aromatic N) is 3. The number of aromatic amines is 1. The number of amides is 1. The summed E-state index contributed by atoms with van der Waals surface area (Å²) in [6.07, 6.45) is 2.10. The fourth-order valence-electron chi connectivity index (χ4n) is 3.40. The van der Waals surface area contributed by atoms with Crippen LogP contribution in [-0.4, -0.2) is 53.2 Å². The monoisotopic (exact) mass is 381 g/mol. The van der Waals surface area contributed by atoms with Gasteiger partial charge in [-0.2, -0.15) is 0 Å². The Bertz CT molecular complexity index is 945. The molecule has 1 saturated heterocycles. The highest BCUT2D eigenvalue weighted by Crippen LogP contribution is 2.21. The van der Waals surface area contributed by atoms with Crippen LogP contribution in [0.3, 0.4) is 0 Å². The van der Waals surface area contributed by atoms with Gasteiger partial charge in [0.05, 0.1) is 11.0 Å². The van der Waals surface area contributed by atoms with E-state index in [1.165, 1.54) is 10.5 Å². The molecule has 0 spiro atoms. The number of nitrogens with two attached hydrogens (primary N) is 1. The average molecular weight is 382 g/mol. The lowest BCUT2D eigenvalue weighted by molar-refractivity contribution is 0.100. The van der Waals surface area contributed by atoms with Gasteiger partial charge in [-0.1, -0.05) is 12.1 Å². The Balaban J connectivity index is 1.39. The van der Waals surface area contributed by atoms with E-state index < -0.39 is 5.91 Å². The van der Waals surface area contributed by atoms with E-state index in [1.54, 1.807) is 23.9 Å². The molecule has 4 rings (SSSR count). The molecule has 7 heteroatoms. The number of aromatic nitrogens is 2. The molecule has 2 aromatic carbocycles. The maximum absolute atomic E-state index is 11.3. The molecule has 3 aromatic rings. The minimum absolute atomic E-state index is 0.430. The maximum atomic E-state index is 11.3. The molecule has 27 heavy (non-hydrogen) atoms. The van der Waals surface area contributed by atoms with E-state index in [0.29, 0.717) is 5.56 Å². The lowest BCUT2D eigenvalue weighted by Crippen LogP contribution is -2.46. The zero-order chi connectivity index (χ0) is 18.8. The summed E-state index contributed by atoms with van der Waals surface area (Å²) < 4.78 is 0. The SMILES string of the molecule is CSc1ccc(CN2CCN(c3nc4cc(C(N)=O)ccc4[nH]3)CC2)cc1. The first-order valence-corrected chi connectivity index (χ1v) is 10.2. The van der Waals surface area contributed by atoms with Gasteiger partial charge in [0.25, 0.3) is 0 Å². The van der Waals surface area contributed by atoms with Crippen LogP contribution in [0, 0.1) is 0 Å². The largest absolute Gasteiger partial charge is 0.366 e. The van der Waals surface area contributed by atoms with Crippen LogP contribution >= 0.6 is 11.8 Å². The van der Waals surface area contributed by atoms with Gasteiger partial charge in [-0.25, -0.2) is 4.98 Å². The third-order valence-corrected chi connectivity index (χ3v) is 5.74. The third-order valence-electron chi connectivity index (χ3n) is 4.99. The van der Waals surface area contributed by atoms with Crippen molar-refractivity contribution in [3.05, 3.63) is 53.6 Å². The number of imidazole rings is 1. The number of carbonyl (C=O) groups excluding carboxylic acids is 1. The first-order valence-electron chi connectivity index (χ1n) is 9.02. The van der Waals surface area contributed by atoms with Crippen molar-refractivity contribution in [2.24, 2.45) is 5.73 Å². The summed E-state index contributed by atoms with van der Waals surface area (Å²) in [5, 5.41) is 0. The summed E-state index contributed by atoms with van der Waals surface area (Å²) in [5.41, 5.74) is 8.89. The minimum Gasteiger partial charge on any atom is -0.366 e. The Morgan fingerprint density at radius 2 is 1.89 bits per heavy atom. The van der Waals surface area contributed by atoms with Crippen LogP contribution in [0.2, 0.25) is 0 Å². The molecule has 1 amide bonds. The molecule has 0 unspecified atom stereocenters. The van der Waals surface area contributed by atoms with Crippen molar-refractivity contribution in [3.63, 3.8) is 0 Å². The smallest absolute Gasteiger partial charge is 0.248 e. The van der Waals surface area contributed by atoms with Gasteiger partial charge >= 0.3 is 0 Å². The van der Waals surface area contributed by atoms with Crippen molar-refractivity contribution in [2.75, 3.05) is 37.3 Å². The van der Waals surface area contributed by atoms with Crippen molar-refractivity contribution >= 4 is 34.7 Å². The highest BCUT2D eigenvalue weighted by Gasteiger charge is 2.20. The molecule has 2 heterocycles. The van der Waals surface area contributed by atoms with Crippen LogP contribution in [0.15, 0.2) is 47.4 Å². The van der Waals surface area contributed by atoms with Crippen LogP contribution in [0.5, 0.6) is 0 Å². The van der Waals surface area contributed by atoms with Gasteiger partial charge in [0.1, 0.15) is 0 Å². The number of piperazine rings is 1. The Morgan fingerprint density at radius 3 is 2.56 bits per heavy atom. The lowest BCUT2D eigenvalue weighted by atomic mass is 10.2. The number of anilines is 1. The molecule has 1 aliphatic heterocycles. The second kappa shape index (κ2) is 7.62. The van der Waals surface area contributed by atoms with Crippen molar-refractivity contribution in [3.8, 4) is 0 Å². The number of H-pyrrole nitrogens is 1. The highest BCUT2D eigenvalue weighted by atomic mass is 32.2. The number of hydrogen-bond donors (Lipinski definition) is 2. The molecule has 0 radical (unpaired) electrons. The van der Waals surface area contributed by atoms with E-state index in [2.05, 4.69) is 50.3 Å². The molecule has 6 nitrogen and oxygen atoms in total. The van der Waals surface area contributed by atoms with Crippen LogP contribution in [0.25, 0.3) is 11.0 Å². The number of carbonyl (C=O) groups is 1. The third kappa shape index (κ3) is 3.94. The summed E-state index contributed by atoms with van der Waals surface area (Å²) in [5.74, 6) is 0.427. The number of nitrogens with one attached hydrogen (secondary N) is 1. The average Bonchev–Trinajstić information content (AvgIpc) is 3.12. The molecular weight excluding hydrogens is 358 g/mol. The molecule has 1 aromatic heterocycles. The van der Waals surface area contributed by atoms with E-state index >= 15 is 0 Å². The molecule has 0 saturated carbocycles. The van der Waals surface area contributed by atoms with Gasteiger partial charge in [-0.15, -0.1) is 11.8 Å². The Morgan fingerprint density at radius 1 is 1.15 bits per heavy atom. The second-order valence-corrected chi connectivity index (χ2v) is 7.65. The molecule has 3 N–H and O–H groups in total. The Labute approximate surface area is 162 Å². The molecular formula is C20H23N5OS. The zero-order valence-corrected chi connectivity index (χ0v) is 16.1. The van der Waals surface area contributed by atoms with E-state index in [9.17, 15) is 4.79 Å². The predicted octanol–water partition coefficient (Wildman–Crippen LogP) is 2.71. The summed E-state index contributed by atoms with van der Waals surface area (Å²) >= 11 is 1.77. The molecule has 0 aliphatic carbocycles. The quantitative estimate of drug-likeness (QED) is 0.665. The normalized spacial score (nSPS) is 15.4. The Hall–Kier alpha value is -2.51. The summed E-state index contributed by atoms with van der Waals surface area (Å²) in [7, 11) is 0. The van der Waals surface area contributed by atoms with E-state index in [-0.39, 0.29) is 0 Å². The van der Waals surface area contributed by atoms with Crippen LogP contribution < -0.4 is 10.6 Å². The first-order chi connectivity index (χ1) is 13.1. The summed E-state index contributed by atoms with van der Waals surface area (Å²) in [6, 6.07) is 14.1. The number of rotatable bonds is 5. The molecule has 0 bridgehead atoms. The number of hydrogen-bond acceptors (Lipinski definition) is 5. The number of fused-ring (bicyclic) bond motifs is 1. The van der Waals surface area contributed by atoms with Gasteiger partial charge in [-0.05, 0) is 42.2 Å². The van der Waals surface area contributed by atoms with Crippen molar-refractivity contribution in [1.29, 1.82) is 0 Å². The van der Waals surface area contributed by atoms with Gasteiger partial charge in [0.2, 0.25) is 11.9 Å². The van der Waals surface area contributed by atoms with Gasteiger partial charge in [-0.3, -0.25) is 9.69 Å². The zero-order valence-electron chi connectivity index (χ0n) is 15.3. The van der Waals surface area contributed by atoms with Crippen LogP contribution in [-0.2, 0) is 6.54 Å². The van der Waals surface area contributed by atoms with Gasteiger partial charge in [0, 0.05) is 43.2 Å². The summed E-state index contributed by atoms with van der Waals surface area (Å²) in [4.78, 5) is 25.4. The fourth-order valence-corrected chi connectivity index (χ4v) is 3.81. The Kier molecular flexibility index (Phi) is 5.05. The van der Waals surface area contributed by atoms with E-state index in [1.807, 2.05) is 6.07 Å². The topological polar surface area (TPSA) is 78.2 Å². The standard InChI is InChI=1S/C20H23N5OS/c1-27-16-5-2-14(3-6-16)13-24-8-10-25(11-9-24)20-22-17-7-4-15(19(21)26)12-18(17)23-20/h2-7,12H,8-11,13H2,1H3,(H2,21,26)(H,22,23). The lowest BCUT2D eigenvalue weighted by Gasteiger charge is -2.34. The van der Waals surface area contributed by atoms with E-state index in [4.69, 9.17) is 5.73 Å². The fraction of sp³-hybridized carbons (Fsp3) is 0.300. The molecule has 1 fully saturated rings. The second-order valence-electron chi connectivity index (χ2n) is 6.77. The number of benzene rings is 2.